The zero-order valence-electron chi connectivity index (χ0n) is 18.9. The van der Waals surface area contributed by atoms with Crippen LogP contribution in [0.4, 0.5) is 5.95 Å². The molecule has 1 aliphatic heterocycles. The fraction of sp³-hybridized carbons (Fsp3) is 0.435. The van der Waals surface area contributed by atoms with E-state index >= 15 is 0 Å². The van der Waals surface area contributed by atoms with Gasteiger partial charge in [0.2, 0.25) is 17.7 Å². The molecule has 4 aromatic rings. The first kappa shape index (κ1) is 20.0. The third-order valence-corrected chi connectivity index (χ3v) is 7.04. The molecular weight excluding hydrogens is 420 g/mol. The minimum absolute atomic E-state index is 0.0711. The highest BCUT2D eigenvalue weighted by molar-refractivity contribution is 5.99. The maximum absolute atomic E-state index is 12.2. The smallest absolute Gasteiger partial charge is 0.228 e. The van der Waals surface area contributed by atoms with E-state index in [0.29, 0.717) is 23.9 Å². The predicted octanol–water partition coefficient (Wildman–Crippen LogP) is 2.87. The summed E-state index contributed by atoms with van der Waals surface area (Å²) in [6.45, 7) is 3.04. The summed E-state index contributed by atoms with van der Waals surface area (Å²) in [6, 6.07) is 6.25. The number of hydrogen-bond acceptors (Lipinski definition) is 7. The van der Waals surface area contributed by atoms with Crippen LogP contribution in [0.3, 0.4) is 0 Å². The highest BCUT2D eigenvalue weighted by Crippen LogP contribution is 2.42. The van der Waals surface area contributed by atoms with Gasteiger partial charge in [-0.15, -0.1) is 5.10 Å². The summed E-state index contributed by atoms with van der Waals surface area (Å²) in [5.41, 5.74) is 4.40. The molecule has 3 aromatic heterocycles. The molecule has 4 heterocycles. The molecule has 1 amide bonds. The van der Waals surface area contributed by atoms with Crippen LogP contribution in [0.25, 0.3) is 33.2 Å². The largest absolute Gasteiger partial charge is 0.480 e. The van der Waals surface area contributed by atoms with Crippen molar-refractivity contribution >= 4 is 33.9 Å². The fourth-order valence-corrected chi connectivity index (χ4v) is 5.36. The monoisotopic (exact) mass is 446 g/mol. The van der Waals surface area contributed by atoms with Crippen molar-refractivity contribution in [1.29, 1.82) is 0 Å². The molecule has 0 bridgehead atoms. The Balaban J connectivity index is 1.28. The average molecular weight is 447 g/mol. The molecule has 2 fully saturated rings. The molecule has 2 aliphatic rings. The van der Waals surface area contributed by atoms with Gasteiger partial charge in [-0.2, -0.15) is 9.97 Å². The van der Waals surface area contributed by atoms with E-state index in [1.807, 2.05) is 30.3 Å². The van der Waals surface area contributed by atoms with Crippen LogP contribution in [-0.4, -0.2) is 66.0 Å². The number of carbonyl (C=O) groups is 1. The number of nitrogens with one attached hydrogen (secondary N) is 2. The van der Waals surface area contributed by atoms with Crippen molar-refractivity contribution in [2.45, 2.75) is 44.2 Å². The number of hydrogen-bond donors (Lipinski definition) is 2. The molecule has 1 aromatic carbocycles. The van der Waals surface area contributed by atoms with E-state index in [2.05, 4.69) is 38.6 Å². The standard InChI is InChI=1S/C23H26N8O2/c1-23(31-8-4-5-18(31)32)10-14(11-23)25-22-26-20-19(21(27-22)33-3)15(12-24-20)13-6-7-16-17(9-13)30(2)29-28-16/h6-7,9,12,14H,4-5,8,10-11H2,1-3H3,(H2,24,25,26,27). The van der Waals surface area contributed by atoms with Crippen LogP contribution >= 0.6 is 0 Å². The van der Waals surface area contributed by atoms with Crippen molar-refractivity contribution in [3.63, 3.8) is 0 Å². The van der Waals surface area contributed by atoms with Gasteiger partial charge in [0.25, 0.3) is 0 Å². The van der Waals surface area contributed by atoms with Crippen LogP contribution in [0, 0.1) is 0 Å². The Bertz CT molecular complexity index is 1380. The number of carbonyl (C=O) groups excluding carboxylic acids is 1. The lowest BCUT2D eigenvalue weighted by Gasteiger charge is -2.51. The number of rotatable bonds is 5. The van der Waals surface area contributed by atoms with Gasteiger partial charge >= 0.3 is 0 Å². The van der Waals surface area contributed by atoms with Crippen molar-refractivity contribution in [1.82, 2.24) is 34.8 Å². The Hall–Kier alpha value is -3.69. The third kappa shape index (κ3) is 3.12. The highest BCUT2D eigenvalue weighted by Gasteiger charge is 2.48. The summed E-state index contributed by atoms with van der Waals surface area (Å²) in [5, 5.41) is 12.5. The fourth-order valence-electron chi connectivity index (χ4n) is 5.36. The van der Waals surface area contributed by atoms with Crippen molar-refractivity contribution in [2.24, 2.45) is 7.05 Å². The molecule has 170 valence electrons. The predicted molar refractivity (Wildman–Crippen MR) is 124 cm³/mol. The quantitative estimate of drug-likeness (QED) is 0.484. The second kappa shape index (κ2) is 7.16. The molecule has 6 rings (SSSR count). The van der Waals surface area contributed by atoms with Gasteiger partial charge in [-0.25, -0.2) is 4.68 Å². The van der Waals surface area contributed by atoms with E-state index in [1.54, 1.807) is 11.8 Å². The minimum Gasteiger partial charge on any atom is -0.480 e. The number of fused-ring (bicyclic) bond motifs is 2. The number of benzene rings is 1. The Morgan fingerprint density at radius 2 is 2.12 bits per heavy atom. The molecule has 1 saturated carbocycles. The minimum atomic E-state index is -0.0711. The van der Waals surface area contributed by atoms with Gasteiger partial charge in [0, 0.05) is 43.4 Å². The van der Waals surface area contributed by atoms with Gasteiger partial charge in [0.05, 0.1) is 18.0 Å². The van der Waals surface area contributed by atoms with Crippen molar-refractivity contribution in [3.8, 4) is 17.0 Å². The summed E-state index contributed by atoms with van der Waals surface area (Å²) >= 11 is 0. The molecule has 2 N–H and O–H groups in total. The van der Waals surface area contributed by atoms with Gasteiger partial charge in [-0.3, -0.25) is 4.79 Å². The summed E-state index contributed by atoms with van der Waals surface area (Å²) < 4.78 is 7.42. The maximum atomic E-state index is 12.2. The van der Waals surface area contributed by atoms with Crippen LogP contribution in [-0.2, 0) is 11.8 Å². The lowest BCUT2D eigenvalue weighted by Crippen LogP contribution is -2.59. The average Bonchev–Trinajstić information content (AvgIpc) is 3.50. The van der Waals surface area contributed by atoms with E-state index in [4.69, 9.17) is 9.72 Å². The van der Waals surface area contributed by atoms with Gasteiger partial charge in [-0.1, -0.05) is 11.3 Å². The first-order valence-electron chi connectivity index (χ1n) is 11.3. The molecule has 10 heteroatoms. The van der Waals surface area contributed by atoms with E-state index in [0.717, 1.165) is 53.4 Å². The van der Waals surface area contributed by atoms with E-state index < -0.39 is 0 Å². The number of aryl methyl sites for hydroxylation is 1. The summed E-state index contributed by atoms with van der Waals surface area (Å²) in [7, 11) is 3.50. The number of aromatic amines is 1. The van der Waals surface area contributed by atoms with E-state index in [-0.39, 0.29) is 17.5 Å². The van der Waals surface area contributed by atoms with Gasteiger partial charge in [0.1, 0.15) is 11.2 Å². The Morgan fingerprint density at radius 3 is 2.88 bits per heavy atom. The number of anilines is 1. The first-order chi connectivity index (χ1) is 15.9. The second-order valence-corrected chi connectivity index (χ2v) is 9.29. The van der Waals surface area contributed by atoms with Crippen LogP contribution in [0.1, 0.15) is 32.6 Å². The molecule has 0 unspecified atom stereocenters. The van der Waals surface area contributed by atoms with Crippen molar-refractivity contribution in [2.75, 3.05) is 19.0 Å². The first-order valence-corrected chi connectivity index (χ1v) is 11.3. The lowest BCUT2D eigenvalue weighted by molar-refractivity contribution is -0.136. The highest BCUT2D eigenvalue weighted by atomic mass is 16.5. The van der Waals surface area contributed by atoms with Crippen LogP contribution in [0.15, 0.2) is 24.4 Å². The number of amides is 1. The Morgan fingerprint density at radius 1 is 1.27 bits per heavy atom. The van der Waals surface area contributed by atoms with Crippen LogP contribution in [0.2, 0.25) is 0 Å². The van der Waals surface area contributed by atoms with E-state index in [1.165, 1.54) is 0 Å². The number of aromatic nitrogens is 6. The summed E-state index contributed by atoms with van der Waals surface area (Å²) in [4.78, 5) is 26.8. The molecule has 1 aliphatic carbocycles. The SMILES string of the molecule is COc1nc(NC2CC(C)(N3CCCC3=O)C2)nc2[nH]cc(-c3ccc4nnn(C)c4c3)c12. The Kier molecular flexibility index (Phi) is 4.33. The molecular formula is C23H26N8O2. The zero-order chi connectivity index (χ0) is 22.7. The van der Waals surface area contributed by atoms with Gasteiger partial charge in [-0.05, 0) is 43.9 Å². The maximum Gasteiger partial charge on any atom is 0.228 e. The van der Waals surface area contributed by atoms with Crippen molar-refractivity contribution in [3.05, 3.63) is 24.4 Å². The van der Waals surface area contributed by atoms with Gasteiger partial charge < -0.3 is 19.9 Å². The van der Waals surface area contributed by atoms with Crippen molar-refractivity contribution < 1.29 is 9.53 Å². The zero-order valence-corrected chi connectivity index (χ0v) is 18.9. The number of nitrogens with zero attached hydrogens (tertiary/aromatic N) is 6. The molecule has 0 atom stereocenters. The lowest BCUT2D eigenvalue weighted by atomic mass is 9.73. The van der Waals surface area contributed by atoms with Crippen LogP contribution < -0.4 is 10.1 Å². The topological polar surface area (TPSA) is 114 Å². The Labute approximate surface area is 190 Å². The summed E-state index contributed by atoms with van der Waals surface area (Å²) in [5.74, 6) is 1.31. The number of methoxy groups -OCH3 is 1. The number of ether oxygens (including phenoxy) is 1. The molecule has 10 nitrogen and oxygen atoms in total. The van der Waals surface area contributed by atoms with Crippen LogP contribution in [0.5, 0.6) is 5.88 Å². The molecule has 1 saturated heterocycles. The third-order valence-electron chi connectivity index (χ3n) is 7.04. The second-order valence-electron chi connectivity index (χ2n) is 9.29. The molecule has 33 heavy (non-hydrogen) atoms. The van der Waals surface area contributed by atoms with Gasteiger partial charge in [0.15, 0.2) is 0 Å². The normalized spacial score (nSPS) is 22.8. The van der Waals surface area contributed by atoms with E-state index in [9.17, 15) is 4.79 Å². The molecule has 0 radical (unpaired) electrons. The molecule has 0 spiro atoms. The summed E-state index contributed by atoms with van der Waals surface area (Å²) in [6.07, 6.45) is 5.33. The number of H-pyrrole nitrogens is 1. The number of likely N-dealkylation sites (tertiary alicyclic amines) is 1.